The van der Waals surface area contributed by atoms with Gasteiger partial charge in [-0.1, -0.05) is 6.92 Å². The predicted octanol–water partition coefficient (Wildman–Crippen LogP) is 1.34. The molecule has 1 heterocycles. The number of rotatable bonds is 4. The van der Waals surface area contributed by atoms with Gasteiger partial charge in [-0.05, 0) is 13.8 Å². The molecule has 0 spiro atoms. The highest BCUT2D eigenvalue weighted by atomic mass is 16.7. The van der Waals surface area contributed by atoms with Crippen LogP contribution in [0.4, 0.5) is 0 Å². The third-order valence-corrected chi connectivity index (χ3v) is 2.26. The Morgan fingerprint density at radius 2 is 2.07 bits per heavy atom. The SMILES string of the molecule is CCOC(=O)C(C)CC1(C)OCCO1. The van der Waals surface area contributed by atoms with E-state index in [4.69, 9.17) is 14.2 Å². The van der Waals surface area contributed by atoms with Gasteiger partial charge in [0.25, 0.3) is 0 Å². The number of hydrogen-bond acceptors (Lipinski definition) is 4. The molecule has 1 unspecified atom stereocenters. The highest BCUT2D eigenvalue weighted by molar-refractivity contribution is 5.72. The van der Waals surface area contributed by atoms with Crippen molar-refractivity contribution in [3.05, 3.63) is 0 Å². The van der Waals surface area contributed by atoms with Crippen LogP contribution in [0.25, 0.3) is 0 Å². The molecule has 4 nitrogen and oxygen atoms in total. The van der Waals surface area contributed by atoms with Gasteiger partial charge in [0.2, 0.25) is 0 Å². The minimum absolute atomic E-state index is 0.182. The van der Waals surface area contributed by atoms with Crippen LogP contribution in [0.5, 0.6) is 0 Å². The summed E-state index contributed by atoms with van der Waals surface area (Å²) in [4.78, 5) is 11.3. The van der Waals surface area contributed by atoms with E-state index in [-0.39, 0.29) is 11.9 Å². The molecular weight excluding hydrogens is 184 g/mol. The summed E-state index contributed by atoms with van der Waals surface area (Å²) in [5, 5.41) is 0. The minimum atomic E-state index is -0.605. The van der Waals surface area contributed by atoms with E-state index in [2.05, 4.69) is 0 Å². The van der Waals surface area contributed by atoms with Crippen molar-refractivity contribution in [2.75, 3.05) is 19.8 Å². The Kier molecular flexibility index (Phi) is 3.89. The lowest BCUT2D eigenvalue weighted by atomic mass is 10.0. The largest absolute Gasteiger partial charge is 0.466 e. The highest BCUT2D eigenvalue weighted by Gasteiger charge is 2.34. The van der Waals surface area contributed by atoms with Crippen molar-refractivity contribution in [3.63, 3.8) is 0 Å². The Balaban J connectivity index is 2.38. The molecule has 4 heteroatoms. The van der Waals surface area contributed by atoms with Crippen molar-refractivity contribution in [1.29, 1.82) is 0 Å². The molecule has 1 aliphatic rings. The number of carbonyl (C=O) groups is 1. The number of hydrogen-bond donors (Lipinski definition) is 0. The van der Waals surface area contributed by atoms with Crippen molar-refractivity contribution < 1.29 is 19.0 Å². The summed E-state index contributed by atoms with van der Waals surface area (Å²) < 4.78 is 15.7. The van der Waals surface area contributed by atoms with Crippen LogP contribution < -0.4 is 0 Å². The number of esters is 1. The molecule has 1 aliphatic heterocycles. The summed E-state index contributed by atoms with van der Waals surface area (Å²) in [7, 11) is 0. The average Bonchev–Trinajstić information content (AvgIpc) is 2.52. The van der Waals surface area contributed by atoms with E-state index >= 15 is 0 Å². The zero-order chi connectivity index (χ0) is 10.6. The van der Waals surface area contributed by atoms with E-state index in [1.165, 1.54) is 0 Å². The molecule has 1 rings (SSSR count). The first kappa shape index (κ1) is 11.5. The zero-order valence-corrected chi connectivity index (χ0v) is 9.04. The van der Waals surface area contributed by atoms with Crippen molar-refractivity contribution >= 4 is 5.97 Å². The van der Waals surface area contributed by atoms with Crippen molar-refractivity contribution in [2.24, 2.45) is 5.92 Å². The minimum Gasteiger partial charge on any atom is -0.466 e. The quantitative estimate of drug-likeness (QED) is 0.645. The van der Waals surface area contributed by atoms with E-state index in [1.54, 1.807) is 6.92 Å². The Labute approximate surface area is 84.5 Å². The van der Waals surface area contributed by atoms with E-state index in [1.807, 2.05) is 13.8 Å². The zero-order valence-electron chi connectivity index (χ0n) is 9.04. The summed E-state index contributed by atoms with van der Waals surface area (Å²) in [6.45, 7) is 7.11. The number of carbonyl (C=O) groups excluding carboxylic acids is 1. The molecule has 0 aromatic carbocycles. The second kappa shape index (κ2) is 4.75. The maximum Gasteiger partial charge on any atom is 0.308 e. The molecule has 14 heavy (non-hydrogen) atoms. The highest BCUT2D eigenvalue weighted by Crippen LogP contribution is 2.26. The van der Waals surface area contributed by atoms with Gasteiger partial charge in [0.15, 0.2) is 5.79 Å². The van der Waals surface area contributed by atoms with Crippen LogP contribution in [0.3, 0.4) is 0 Å². The fourth-order valence-corrected chi connectivity index (χ4v) is 1.60. The van der Waals surface area contributed by atoms with Crippen molar-refractivity contribution in [1.82, 2.24) is 0 Å². The molecule has 0 radical (unpaired) electrons. The molecule has 0 bridgehead atoms. The fourth-order valence-electron chi connectivity index (χ4n) is 1.60. The van der Waals surface area contributed by atoms with Crippen LogP contribution in [0.1, 0.15) is 27.2 Å². The van der Waals surface area contributed by atoms with E-state index in [9.17, 15) is 4.79 Å². The Morgan fingerprint density at radius 1 is 1.50 bits per heavy atom. The Hall–Kier alpha value is -0.610. The molecule has 0 N–H and O–H groups in total. The smallest absolute Gasteiger partial charge is 0.308 e. The van der Waals surface area contributed by atoms with Crippen molar-refractivity contribution in [3.8, 4) is 0 Å². The van der Waals surface area contributed by atoms with Crippen LogP contribution >= 0.6 is 0 Å². The van der Waals surface area contributed by atoms with E-state index in [0.29, 0.717) is 26.2 Å². The van der Waals surface area contributed by atoms with Crippen LogP contribution in [0, 0.1) is 5.92 Å². The van der Waals surface area contributed by atoms with Gasteiger partial charge in [-0.3, -0.25) is 4.79 Å². The predicted molar refractivity (Wildman–Crippen MR) is 50.7 cm³/mol. The van der Waals surface area contributed by atoms with Gasteiger partial charge in [-0.15, -0.1) is 0 Å². The second-order valence-electron chi connectivity index (χ2n) is 3.69. The van der Waals surface area contributed by atoms with Gasteiger partial charge in [-0.2, -0.15) is 0 Å². The molecule has 1 saturated heterocycles. The van der Waals surface area contributed by atoms with Crippen LogP contribution in [-0.4, -0.2) is 31.6 Å². The van der Waals surface area contributed by atoms with Gasteiger partial charge >= 0.3 is 5.97 Å². The van der Waals surface area contributed by atoms with Crippen LogP contribution in [0.2, 0.25) is 0 Å². The van der Waals surface area contributed by atoms with Gasteiger partial charge in [0, 0.05) is 6.42 Å². The molecule has 0 aromatic heterocycles. The first-order chi connectivity index (χ1) is 6.57. The topological polar surface area (TPSA) is 44.8 Å². The Bertz CT molecular complexity index is 196. The van der Waals surface area contributed by atoms with Crippen LogP contribution in [-0.2, 0) is 19.0 Å². The fraction of sp³-hybridized carbons (Fsp3) is 0.900. The van der Waals surface area contributed by atoms with Gasteiger partial charge in [-0.25, -0.2) is 0 Å². The van der Waals surface area contributed by atoms with E-state index < -0.39 is 5.79 Å². The average molecular weight is 202 g/mol. The molecule has 0 aromatic rings. The van der Waals surface area contributed by atoms with Crippen molar-refractivity contribution in [2.45, 2.75) is 33.0 Å². The molecule has 1 atom stereocenters. The third-order valence-electron chi connectivity index (χ3n) is 2.26. The normalized spacial score (nSPS) is 21.9. The summed E-state index contributed by atoms with van der Waals surface area (Å²) >= 11 is 0. The summed E-state index contributed by atoms with van der Waals surface area (Å²) in [5.74, 6) is -0.975. The number of ether oxygens (including phenoxy) is 3. The van der Waals surface area contributed by atoms with Gasteiger partial charge < -0.3 is 14.2 Å². The molecular formula is C10H18O4. The summed E-state index contributed by atoms with van der Waals surface area (Å²) in [6, 6.07) is 0. The molecule has 0 amide bonds. The molecule has 82 valence electrons. The monoisotopic (exact) mass is 202 g/mol. The first-order valence-electron chi connectivity index (χ1n) is 5.02. The molecule has 0 saturated carbocycles. The van der Waals surface area contributed by atoms with Gasteiger partial charge in [0.05, 0.1) is 25.7 Å². The standard InChI is InChI=1S/C10H18O4/c1-4-12-9(11)8(2)7-10(3)13-5-6-14-10/h8H,4-7H2,1-3H3. The maximum atomic E-state index is 11.3. The summed E-state index contributed by atoms with van der Waals surface area (Å²) in [5.41, 5.74) is 0. The lowest BCUT2D eigenvalue weighted by Gasteiger charge is -2.24. The summed E-state index contributed by atoms with van der Waals surface area (Å²) in [6.07, 6.45) is 0.547. The lowest BCUT2D eigenvalue weighted by Crippen LogP contribution is -2.31. The lowest BCUT2D eigenvalue weighted by molar-refractivity contribution is -0.169. The second-order valence-corrected chi connectivity index (χ2v) is 3.69. The molecule has 0 aliphatic carbocycles. The van der Waals surface area contributed by atoms with Crippen LogP contribution in [0.15, 0.2) is 0 Å². The molecule has 1 fully saturated rings. The Morgan fingerprint density at radius 3 is 2.57 bits per heavy atom. The first-order valence-corrected chi connectivity index (χ1v) is 5.02. The van der Waals surface area contributed by atoms with Gasteiger partial charge in [0.1, 0.15) is 0 Å². The van der Waals surface area contributed by atoms with E-state index in [0.717, 1.165) is 0 Å². The third kappa shape index (κ3) is 2.96. The maximum absolute atomic E-state index is 11.3.